The van der Waals surface area contributed by atoms with Crippen molar-refractivity contribution in [3.8, 4) is 0 Å². The number of hydrogen-bond donors (Lipinski definition) is 0. The molecule has 0 bridgehead atoms. The largest absolute Gasteiger partial charge is 0.466 e. The molecule has 0 saturated heterocycles. The van der Waals surface area contributed by atoms with Gasteiger partial charge in [-0.2, -0.15) is 0 Å². The van der Waals surface area contributed by atoms with Crippen LogP contribution in [0.5, 0.6) is 0 Å². The molecule has 0 aromatic carbocycles. The molecule has 3 aromatic rings. The van der Waals surface area contributed by atoms with Gasteiger partial charge < -0.3 is 27.6 Å². The standard InChI is InChI=1S/C15H18O3.C11H22O.C9H12O2.C9H18O.C7H14O.C6H12O.C3H8.C2H6/c1-10(16)4-7-13(14-8-5-11(2)17-14)15-9-6-12(3)18-15;1-3-5-7-9-11(12)10-8-6-4-2;1-7(10)3-5-9-6-4-8(2)11-9;1-3-5-6-8-9(10)7-4-2;1-3-5-7(8)6-4-2;1-5(2)4-6(3)7;1-3-2;1-2/h5-6,8-9,13H,4,7H2,1-3H3;3-10H2,1-2H3;4,6H,3,5H2,1-2H3;3-8H2,1-2H3;3-6H2,1-2H3;5H,4H2,1-3H3;3H2,1-2H3;1-2H3. The topological polar surface area (TPSA) is 142 Å². The Labute approximate surface area is 436 Å². The van der Waals surface area contributed by atoms with Crippen molar-refractivity contribution >= 4 is 34.7 Å². The Kier molecular flexibility index (Phi) is 58.9. The fourth-order valence-electron chi connectivity index (χ4n) is 6.48. The van der Waals surface area contributed by atoms with E-state index in [4.69, 9.17) is 13.3 Å². The number of unbranched alkanes of at least 4 members (excludes halogenated alkanes) is 6. The van der Waals surface area contributed by atoms with Gasteiger partial charge in [-0.1, -0.05) is 128 Å². The van der Waals surface area contributed by atoms with Gasteiger partial charge in [0.05, 0.1) is 5.92 Å². The Morgan fingerprint density at radius 2 is 0.761 bits per heavy atom. The first-order chi connectivity index (χ1) is 33.7. The quantitative estimate of drug-likeness (QED) is 0.0650. The van der Waals surface area contributed by atoms with Crippen LogP contribution in [0, 0.1) is 26.7 Å². The van der Waals surface area contributed by atoms with E-state index in [-0.39, 0.29) is 23.3 Å². The van der Waals surface area contributed by atoms with Crippen molar-refractivity contribution in [3.63, 3.8) is 0 Å². The number of aryl methyl sites for hydroxylation is 4. The molecule has 0 N–H and O–H groups in total. The molecule has 3 aromatic heterocycles. The summed E-state index contributed by atoms with van der Waals surface area (Å²) in [6.07, 6.45) is 22.8. The average molecular weight is 1000 g/mol. The maximum absolute atomic E-state index is 11.2. The highest BCUT2D eigenvalue weighted by molar-refractivity contribution is 5.79. The van der Waals surface area contributed by atoms with E-state index in [0.29, 0.717) is 36.1 Å². The van der Waals surface area contributed by atoms with Gasteiger partial charge in [0.2, 0.25) is 0 Å². The third-order valence-electron chi connectivity index (χ3n) is 9.97. The molecule has 0 spiro atoms. The highest BCUT2D eigenvalue weighted by atomic mass is 16.4. The van der Waals surface area contributed by atoms with E-state index in [1.165, 1.54) is 44.9 Å². The lowest BCUT2D eigenvalue weighted by Gasteiger charge is -2.11. The van der Waals surface area contributed by atoms with Crippen LogP contribution in [0.1, 0.15) is 292 Å². The summed E-state index contributed by atoms with van der Waals surface area (Å²) in [6.45, 7) is 35.5. The highest BCUT2D eigenvalue weighted by Crippen LogP contribution is 2.32. The van der Waals surface area contributed by atoms with Crippen molar-refractivity contribution in [3.05, 3.63) is 71.0 Å². The molecule has 9 nitrogen and oxygen atoms in total. The molecule has 3 heterocycles. The molecule has 0 fully saturated rings. The number of furan rings is 3. The summed E-state index contributed by atoms with van der Waals surface area (Å²) in [5.74, 6) is 7.84. The van der Waals surface area contributed by atoms with Gasteiger partial charge in [-0.3, -0.25) is 14.4 Å². The molecule has 0 aliphatic rings. The van der Waals surface area contributed by atoms with Crippen LogP contribution in [-0.4, -0.2) is 34.7 Å². The maximum Gasteiger partial charge on any atom is 0.132 e. The predicted octanol–water partition coefficient (Wildman–Crippen LogP) is 19.0. The van der Waals surface area contributed by atoms with Crippen molar-refractivity contribution in [2.24, 2.45) is 5.92 Å². The van der Waals surface area contributed by atoms with E-state index < -0.39 is 0 Å². The molecule has 71 heavy (non-hydrogen) atoms. The first-order valence-electron chi connectivity index (χ1n) is 27.9. The minimum atomic E-state index is 0.0244. The molecule has 3 rings (SSSR count). The summed E-state index contributed by atoms with van der Waals surface area (Å²) in [6, 6.07) is 11.6. The zero-order valence-electron chi connectivity index (χ0n) is 49.3. The average Bonchev–Trinajstić information content (AvgIpc) is 4.06. The third-order valence-corrected chi connectivity index (χ3v) is 9.97. The van der Waals surface area contributed by atoms with Crippen LogP contribution in [0.25, 0.3) is 0 Å². The van der Waals surface area contributed by atoms with Crippen LogP contribution < -0.4 is 0 Å². The van der Waals surface area contributed by atoms with E-state index in [1.807, 2.05) is 98.7 Å². The summed E-state index contributed by atoms with van der Waals surface area (Å²) in [4.78, 5) is 64.8. The van der Waals surface area contributed by atoms with Crippen molar-refractivity contribution < 1.29 is 42.0 Å². The van der Waals surface area contributed by atoms with Gasteiger partial charge in [0.15, 0.2) is 0 Å². The van der Waals surface area contributed by atoms with Gasteiger partial charge in [0, 0.05) is 64.2 Å². The normalized spacial score (nSPS) is 9.80. The Bertz CT molecular complexity index is 1620. The zero-order chi connectivity index (χ0) is 55.4. The van der Waals surface area contributed by atoms with Gasteiger partial charge in [0.1, 0.15) is 69.3 Å². The van der Waals surface area contributed by atoms with E-state index >= 15 is 0 Å². The van der Waals surface area contributed by atoms with E-state index in [1.54, 1.807) is 20.8 Å². The lowest BCUT2D eigenvalue weighted by atomic mass is 9.96. The lowest BCUT2D eigenvalue weighted by molar-refractivity contribution is -0.120. The van der Waals surface area contributed by atoms with Crippen LogP contribution in [0.4, 0.5) is 0 Å². The molecule has 0 aliphatic heterocycles. The van der Waals surface area contributed by atoms with Gasteiger partial charge in [-0.15, -0.1) is 0 Å². The maximum atomic E-state index is 11.2. The molecule has 0 saturated carbocycles. The smallest absolute Gasteiger partial charge is 0.132 e. The number of carbonyl (C=O) groups is 6. The second-order valence-electron chi connectivity index (χ2n) is 18.6. The first kappa shape index (κ1) is 75.8. The second kappa shape index (κ2) is 55.2. The summed E-state index contributed by atoms with van der Waals surface area (Å²) < 4.78 is 16.6. The first-order valence-corrected chi connectivity index (χ1v) is 27.9. The van der Waals surface area contributed by atoms with Crippen LogP contribution in [-0.2, 0) is 35.2 Å². The number of Topliss-reactive ketones (excluding diaryl/α,β-unsaturated/α-hetero) is 6. The molecular formula is C62H110O9. The van der Waals surface area contributed by atoms with Gasteiger partial charge in [-0.05, 0) is 129 Å². The molecule has 412 valence electrons. The Balaban J connectivity index is -0.000000247. The van der Waals surface area contributed by atoms with Gasteiger partial charge in [-0.25, -0.2) is 0 Å². The third kappa shape index (κ3) is 56.6. The Morgan fingerprint density at radius 3 is 1.01 bits per heavy atom. The highest BCUT2D eigenvalue weighted by Gasteiger charge is 2.21. The molecule has 9 heteroatoms. The summed E-state index contributed by atoms with van der Waals surface area (Å²) in [5.41, 5.74) is 0. The number of ketones is 6. The molecule has 0 unspecified atom stereocenters. The monoisotopic (exact) mass is 999 g/mol. The van der Waals surface area contributed by atoms with Crippen LogP contribution >= 0.6 is 0 Å². The fourth-order valence-corrected chi connectivity index (χ4v) is 6.48. The van der Waals surface area contributed by atoms with Crippen molar-refractivity contribution in [2.45, 2.75) is 285 Å². The van der Waals surface area contributed by atoms with E-state index in [0.717, 1.165) is 131 Å². The van der Waals surface area contributed by atoms with Crippen LogP contribution in [0.3, 0.4) is 0 Å². The SMILES string of the molecule is CC.CC(=O)CC(C)C.CC(=O)CCC(c1ccc(C)o1)c1ccc(C)o1.CC(=O)CCc1ccc(C)o1.CCC.CCCC(=O)CCC.CCCCCC(=O)CCC.CCCCCC(=O)CCCCC. The van der Waals surface area contributed by atoms with Crippen LogP contribution in [0.2, 0.25) is 0 Å². The summed E-state index contributed by atoms with van der Waals surface area (Å²) in [5, 5.41) is 0. The Morgan fingerprint density at radius 1 is 0.423 bits per heavy atom. The van der Waals surface area contributed by atoms with Crippen molar-refractivity contribution in [2.75, 3.05) is 0 Å². The minimum absolute atomic E-state index is 0.0244. The van der Waals surface area contributed by atoms with Crippen molar-refractivity contribution in [1.82, 2.24) is 0 Å². The van der Waals surface area contributed by atoms with E-state index in [9.17, 15) is 28.8 Å². The molecular weight excluding hydrogens is 889 g/mol. The minimum Gasteiger partial charge on any atom is -0.466 e. The molecule has 0 aliphatic carbocycles. The number of rotatable bonds is 28. The number of carbonyl (C=O) groups excluding carboxylic acids is 6. The molecule has 0 amide bonds. The summed E-state index contributed by atoms with van der Waals surface area (Å²) >= 11 is 0. The molecule has 0 atom stereocenters. The van der Waals surface area contributed by atoms with Crippen molar-refractivity contribution in [1.29, 1.82) is 0 Å². The van der Waals surface area contributed by atoms with Gasteiger partial charge >= 0.3 is 0 Å². The lowest BCUT2D eigenvalue weighted by Crippen LogP contribution is -2.02. The number of hydrogen-bond acceptors (Lipinski definition) is 9. The Hall–Kier alpha value is -4.14. The second-order valence-corrected chi connectivity index (χ2v) is 18.6. The summed E-state index contributed by atoms with van der Waals surface area (Å²) in [7, 11) is 0. The van der Waals surface area contributed by atoms with Gasteiger partial charge in [0.25, 0.3) is 0 Å². The van der Waals surface area contributed by atoms with E-state index in [2.05, 4.69) is 41.5 Å². The zero-order valence-corrected chi connectivity index (χ0v) is 49.3. The molecule has 0 radical (unpaired) electrons. The van der Waals surface area contributed by atoms with Crippen LogP contribution in [0.15, 0.2) is 49.6 Å². The fraction of sp³-hybridized carbons (Fsp3) is 0.710. The predicted molar refractivity (Wildman–Crippen MR) is 301 cm³/mol.